The van der Waals surface area contributed by atoms with Crippen LogP contribution in [0.3, 0.4) is 0 Å². The first-order valence-electron chi connectivity index (χ1n) is 7.27. The lowest BCUT2D eigenvalue weighted by Gasteiger charge is -2.24. The van der Waals surface area contributed by atoms with Crippen LogP contribution < -0.4 is 10.1 Å². The van der Waals surface area contributed by atoms with Gasteiger partial charge >= 0.3 is 0 Å². The second-order valence-corrected chi connectivity index (χ2v) is 4.55. The van der Waals surface area contributed by atoms with Crippen molar-refractivity contribution in [2.75, 3.05) is 26.3 Å². The molecule has 0 saturated carbocycles. The van der Waals surface area contributed by atoms with Gasteiger partial charge in [0.25, 0.3) is 0 Å². The molecule has 1 N–H and O–H groups in total. The Morgan fingerprint density at radius 1 is 1.40 bits per heavy atom. The van der Waals surface area contributed by atoms with Gasteiger partial charge in [0.1, 0.15) is 24.3 Å². The van der Waals surface area contributed by atoms with Gasteiger partial charge in [-0.3, -0.25) is 0 Å². The molecule has 1 fully saturated rings. The summed E-state index contributed by atoms with van der Waals surface area (Å²) in [5, 5.41) is 3.25. The number of fused-ring (bicyclic) bond motifs is 1. The van der Waals surface area contributed by atoms with Gasteiger partial charge in [0, 0.05) is 24.2 Å². The first kappa shape index (κ1) is 15.0. The maximum Gasteiger partial charge on any atom is 0.127 e. The molecule has 1 aromatic rings. The SMILES string of the molecule is CC.Fc1ccc(OCC2CNCCO2)c2c1CC=C2. The minimum absolute atomic E-state index is 0.0739. The van der Waals surface area contributed by atoms with Crippen LogP contribution >= 0.6 is 0 Å². The van der Waals surface area contributed by atoms with Gasteiger partial charge in [0.2, 0.25) is 0 Å². The van der Waals surface area contributed by atoms with Gasteiger partial charge in [-0.05, 0) is 18.6 Å². The van der Waals surface area contributed by atoms with Crippen LogP contribution in [-0.4, -0.2) is 32.4 Å². The summed E-state index contributed by atoms with van der Waals surface area (Å²) in [6.07, 6.45) is 4.61. The van der Waals surface area contributed by atoms with Crippen molar-refractivity contribution in [3.05, 3.63) is 35.2 Å². The number of morpholine rings is 1. The number of rotatable bonds is 3. The van der Waals surface area contributed by atoms with Gasteiger partial charge in [0.05, 0.1) is 6.61 Å². The predicted octanol–water partition coefficient (Wildman–Crippen LogP) is 2.79. The van der Waals surface area contributed by atoms with E-state index in [4.69, 9.17) is 9.47 Å². The summed E-state index contributed by atoms with van der Waals surface area (Å²) in [5.74, 6) is 0.590. The molecule has 4 heteroatoms. The van der Waals surface area contributed by atoms with Crippen molar-refractivity contribution >= 4 is 6.08 Å². The zero-order chi connectivity index (χ0) is 14.4. The summed E-state index contributed by atoms with van der Waals surface area (Å²) >= 11 is 0. The van der Waals surface area contributed by atoms with Crippen molar-refractivity contribution in [3.63, 3.8) is 0 Å². The fraction of sp³-hybridized carbons (Fsp3) is 0.500. The number of hydrogen-bond donors (Lipinski definition) is 1. The fourth-order valence-corrected chi connectivity index (χ4v) is 2.34. The number of halogens is 1. The lowest BCUT2D eigenvalue weighted by molar-refractivity contribution is 0.000136. The van der Waals surface area contributed by atoms with E-state index in [1.54, 1.807) is 6.07 Å². The van der Waals surface area contributed by atoms with Crippen LogP contribution in [0.25, 0.3) is 6.08 Å². The van der Waals surface area contributed by atoms with E-state index >= 15 is 0 Å². The van der Waals surface area contributed by atoms with Crippen LogP contribution in [0.4, 0.5) is 4.39 Å². The molecular formula is C16H22FNO2. The molecule has 1 aromatic carbocycles. The highest BCUT2D eigenvalue weighted by molar-refractivity contribution is 5.66. The van der Waals surface area contributed by atoms with Crippen LogP contribution in [0.5, 0.6) is 5.75 Å². The van der Waals surface area contributed by atoms with Crippen molar-refractivity contribution < 1.29 is 13.9 Å². The van der Waals surface area contributed by atoms with Crippen molar-refractivity contribution in [3.8, 4) is 5.75 Å². The van der Waals surface area contributed by atoms with Crippen molar-refractivity contribution in [2.45, 2.75) is 26.4 Å². The molecule has 0 radical (unpaired) electrons. The zero-order valence-corrected chi connectivity index (χ0v) is 12.1. The van der Waals surface area contributed by atoms with Gasteiger partial charge < -0.3 is 14.8 Å². The third kappa shape index (κ3) is 3.38. The third-order valence-electron chi connectivity index (χ3n) is 3.30. The molecule has 1 aliphatic carbocycles. The highest BCUT2D eigenvalue weighted by Crippen LogP contribution is 2.31. The maximum atomic E-state index is 13.5. The molecule has 1 unspecified atom stereocenters. The van der Waals surface area contributed by atoms with E-state index in [1.807, 2.05) is 26.0 Å². The second kappa shape index (κ2) is 7.41. The highest BCUT2D eigenvalue weighted by atomic mass is 19.1. The van der Waals surface area contributed by atoms with Crippen molar-refractivity contribution in [2.24, 2.45) is 0 Å². The van der Waals surface area contributed by atoms with Crippen LogP contribution in [0, 0.1) is 5.82 Å². The Labute approximate surface area is 119 Å². The van der Waals surface area contributed by atoms with Crippen LogP contribution in [0.2, 0.25) is 0 Å². The summed E-state index contributed by atoms with van der Waals surface area (Å²) < 4.78 is 24.9. The Hall–Kier alpha value is -1.39. The lowest BCUT2D eigenvalue weighted by atomic mass is 10.1. The van der Waals surface area contributed by atoms with E-state index in [9.17, 15) is 4.39 Å². The normalized spacial score (nSPS) is 20.1. The molecule has 1 atom stereocenters. The molecule has 20 heavy (non-hydrogen) atoms. The largest absolute Gasteiger partial charge is 0.490 e. The average molecular weight is 279 g/mol. The molecule has 2 aliphatic rings. The topological polar surface area (TPSA) is 30.5 Å². The summed E-state index contributed by atoms with van der Waals surface area (Å²) in [5.41, 5.74) is 1.61. The standard InChI is InChI=1S/C14H16FNO2.C2H6/c15-13-4-5-14(12-3-1-2-11(12)13)18-9-10-8-16-6-7-17-10;1-2/h1,3-5,10,16H,2,6-9H2;1-2H3. The molecular weight excluding hydrogens is 257 g/mol. The third-order valence-corrected chi connectivity index (χ3v) is 3.30. The first-order chi connectivity index (χ1) is 9.84. The Balaban J connectivity index is 0.000000704. The smallest absolute Gasteiger partial charge is 0.127 e. The van der Waals surface area contributed by atoms with E-state index in [1.165, 1.54) is 6.07 Å². The Bertz CT molecular complexity index is 468. The number of allylic oxidation sites excluding steroid dienone is 1. The molecule has 0 amide bonds. The molecule has 1 heterocycles. The van der Waals surface area contributed by atoms with Crippen LogP contribution in [0.15, 0.2) is 18.2 Å². The molecule has 3 nitrogen and oxygen atoms in total. The number of ether oxygens (including phenoxy) is 2. The van der Waals surface area contributed by atoms with E-state index < -0.39 is 0 Å². The van der Waals surface area contributed by atoms with E-state index in [-0.39, 0.29) is 11.9 Å². The Morgan fingerprint density at radius 2 is 2.25 bits per heavy atom. The van der Waals surface area contributed by atoms with Gasteiger partial charge in [-0.15, -0.1) is 0 Å². The summed E-state index contributed by atoms with van der Waals surface area (Å²) in [6.45, 7) is 6.92. The lowest BCUT2D eigenvalue weighted by Crippen LogP contribution is -2.41. The van der Waals surface area contributed by atoms with Gasteiger partial charge in [-0.2, -0.15) is 0 Å². The molecule has 1 saturated heterocycles. The van der Waals surface area contributed by atoms with E-state index in [0.717, 1.165) is 36.6 Å². The molecule has 0 spiro atoms. The fourth-order valence-electron chi connectivity index (χ4n) is 2.34. The quantitative estimate of drug-likeness (QED) is 0.923. The molecule has 0 aromatic heterocycles. The molecule has 1 aliphatic heterocycles. The Kier molecular flexibility index (Phi) is 5.56. The minimum Gasteiger partial charge on any atom is -0.490 e. The maximum absolute atomic E-state index is 13.5. The zero-order valence-electron chi connectivity index (χ0n) is 12.1. The van der Waals surface area contributed by atoms with Crippen LogP contribution in [0.1, 0.15) is 25.0 Å². The van der Waals surface area contributed by atoms with E-state index in [2.05, 4.69) is 5.32 Å². The second-order valence-electron chi connectivity index (χ2n) is 4.55. The average Bonchev–Trinajstić information content (AvgIpc) is 3.00. The molecule has 110 valence electrons. The van der Waals surface area contributed by atoms with Gasteiger partial charge in [-0.1, -0.05) is 26.0 Å². The molecule has 0 bridgehead atoms. The highest BCUT2D eigenvalue weighted by Gasteiger charge is 2.18. The minimum atomic E-state index is -0.155. The summed E-state index contributed by atoms with van der Waals surface area (Å²) in [7, 11) is 0. The van der Waals surface area contributed by atoms with Crippen LogP contribution in [-0.2, 0) is 11.2 Å². The number of nitrogens with one attached hydrogen (secondary N) is 1. The van der Waals surface area contributed by atoms with Crippen molar-refractivity contribution in [1.29, 1.82) is 0 Å². The number of hydrogen-bond acceptors (Lipinski definition) is 3. The first-order valence-corrected chi connectivity index (χ1v) is 7.27. The van der Waals surface area contributed by atoms with Crippen molar-refractivity contribution in [1.82, 2.24) is 5.32 Å². The van der Waals surface area contributed by atoms with E-state index in [0.29, 0.717) is 13.0 Å². The Morgan fingerprint density at radius 3 is 3.00 bits per heavy atom. The number of benzene rings is 1. The van der Waals surface area contributed by atoms with Gasteiger partial charge in [0.15, 0.2) is 0 Å². The summed E-state index contributed by atoms with van der Waals surface area (Å²) in [6, 6.07) is 3.17. The van der Waals surface area contributed by atoms with Gasteiger partial charge in [-0.25, -0.2) is 4.39 Å². The molecule has 3 rings (SSSR count). The summed E-state index contributed by atoms with van der Waals surface area (Å²) in [4.78, 5) is 0. The predicted molar refractivity (Wildman–Crippen MR) is 78.6 cm³/mol. The monoisotopic (exact) mass is 279 g/mol.